The lowest BCUT2D eigenvalue weighted by molar-refractivity contribution is 0.0951. The van der Waals surface area contributed by atoms with Gasteiger partial charge in [-0.15, -0.1) is 0 Å². The maximum atomic E-state index is 12.1. The number of rotatable bonds is 6. The van der Waals surface area contributed by atoms with Crippen LogP contribution in [0.5, 0.6) is 0 Å². The third kappa shape index (κ3) is 5.17. The first-order chi connectivity index (χ1) is 13.6. The first kappa shape index (κ1) is 19.5. The Balaban J connectivity index is 1.37. The van der Waals surface area contributed by atoms with E-state index < -0.39 is 0 Å². The molecule has 1 saturated carbocycles. The SMILES string of the molecule is CC1CCN(c2cc(Cl)nc(SCc3ccc(C(=O)NC4CC4)cc3)n2)CC1. The van der Waals surface area contributed by atoms with Gasteiger partial charge in [-0.2, -0.15) is 0 Å². The number of amides is 1. The normalized spacial score (nSPS) is 17.6. The number of carbonyl (C=O) groups is 1. The van der Waals surface area contributed by atoms with Crippen LogP contribution >= 0.6 is 23.4 Å². The summed E-state index contributed by atoms with van der Waals surface area (Å²) in [6, 6.07) is 9.98. The fourth-order valence-corrected chi connectivity index (χ4v) is 4.28. The summed E-state index contributed by atoms with van der Waals surface area (Å²) in [5, 5.41) is 4.19. The van der Waals surface area contributed by atoms with Gasteiger partial charge >= 0.3 is 0 Å². The zero-order valence-electron chi connectivity index (χ0n) is 16.0. The second-order valence-corrected chi connectivity index (χ2v) is 9.06. The van der Waals surface area contributed by atoms with Gasteiger partial charge in [0.2, 0.25) is 0 Å². The molecule has 0 spiro atoms. The molecule has 1 aliphatic heterocycles. The predicted molar refractivity (Wildman–Crippen MR) is 114 cm³/mol. The number of nitrogens with zero attached hydrogens (tertiary/aromatic N) is 3. The topological polar surface area (TPSA) is 58.1 Å². The van der Waals surface area contributed by atoms with Crippen LogP contribution in [0, 0.1) is 5.92 Å². The Labute approximate surface area is 175 Å². The number of hydrogen-bond acceptors (Lipinski definition) is 5. The molecule has 0 atom stereocenters. The van der Waals surface area contributed by atoms with Gasteiger partial charge in [-0.3, -0.25) is 4.79 Å². The van der Waals surface area contributed by atoms with E-state index in [2.05, 4.69) is 22.1 Å². The molecule has 0 unspecified atom stereocenters. The Kier molecular flexibility index (Phi) is 6.07. The summed E-state index contributed by atoms with van der Waals surface area (Å²) in [7, 11) is 0. The molecule has 2 aromatic rings. The zero-order valence-corrected chi connectivity index (χ0v) is 17.6. The van der Waals surface area contributed by atoms with Gasteiger partial charge in [0.25, 0.3) is 5.91 Å². The second kappa shape index (κ2) is 8.70. The molecular weight excluding hydrogens is 392 g/mol. The standard InChI is InChI=1S/C21H25ClN4OS/c1-14-8-10-26(11-9-14)19-12-18(22)24-21(25-19)28-13-15-2-4-16(5-3-15)20(27)23-17-6-7-17/h2-5,12,14,17H,6-11,13H2,1H3,(H,23,27). The first-order valence-electron chi connectivity index (χ1n) is 9.89. The highest BCUT2D eigenvalue weighted by molar-refractivity contribution is 7.98. The van der Waals surface area contributed by atoms with Crippen molar-refractivity contribution in [3.05, 3.63) is 46.6 Å². The van der Waals surface area contributed by atoms with Crippen molar-refractivity contribution in [3.8, 4) is 0 Å². The van der Waals surface area contributed by atoms with Crippen LogP contribution in [0.1, 0.15) is 48.5 Å². The molecule has 1 aromatic carbocycles. The molecule has 2 aliphatic rings. The molecule has 1 aromatic heterocycles. The Morgan fingerprint density at radius 1 is 1.18 bits per heavy atom. The molecule has 0 bridgehead atoms. The summed E-state index contributed by atoms with van der Waals surface area (Å²) in [6.07, 6.45) is 4.56. The molecule has 2 fully saturated rings. The summed E-state index contributed by atoms with van der Waals surface area (Å²) >= 11 is 7.81. The Morgan fingerprint density at radius 3 is 2.57 bits per heavy atom. The third-order valence-corrected chi connectivity index (χ3v) is 6.38. The number of carbonyl (C=O) groups excluding carboxylic acids is 1. The number of benzene rings is 1. The van der Waals surface area contributed by atoms with E-state index in [0.29, 0.717) is 21.9 Å². The number of halogens is 1. The van der Waals surface area contributed by atoms with Gasteiger partial charge in [0.1, 0.15) is 11.0 Å². The molecule has 1 saturated heterocycles. The van der Waals surface area contributed by atoms with Crippen LogP contribution in [0.15, 0.2) is 35.5 Å². The highest BCUT2D eigenvalue weighted by Crippen LogP contribution is 2.27. The van der Waals surface area contributed by atoms with Gasteiger partial charge in [0.15, 0.2) is 5.16 Å². The van der Waals surface area contributed by atoms with E-state index in [1.807, 2.05) is 30.3 Å². The lowest BCUT2D eigenvalue weighted by Crippen LogP contribution is -2.33. The lowest BCUT2D eigenvalue weighted by atomic mass is 9.99. The molecule has 1 aliphatic carbocycles. The number of nitrogens with one attached hydrogen (secondary N) is 1. The molecule has 5 nitrogen and oxygen atoms in total. The summed E-state index contributed by atoms with van der Waals surface area (Å²) < 4.78 is 0. The van der Waals surface area contributed by atoms with Crippen LogP contribution < -0.4 is 10.2 Å². The van der Waals surface area contributed by atoms with Crippen molar-refractivity contribution < 1.29 is 4.79 Å². The summed E-state index contributed by atoms with van der Waals surface area (Å²) in [5.74, 6) is 2.44. The van der Waals surface area contributed by atoms with Crippen LogP contribution in [-0.4, -0.2) is 35.0 Å². The van der Waals surface area contributed by atoms with E-state index in [0.717, 1.165) is 49.0 Å². The molecular formula is C21H25ClN4OS. The fourth-order valence-electron chi connectivity index (χ4n) is 3.25. The quantitative estimate of drug-likeness (QED) is 0.425. The molecule has 0 radical (unpaired) electrons. The number of anilines is 1. The summed E-state index contributed by atoms with van der Waals surface area (Å²) in [5.41, 5.74) is 1.84. The fraction of sp³-hybridized carbons (Fsp3) is 0.476. The van der Waals surface area contributed by atoms with Gasteiger partial charge < -0.3 is 10.2 Å². The van der Waals surface area contributed by atoms with Gasteiger partial charge in [-0.1, -0.05) is 42.4 Å². The molecule has 2 heterocycles. The maximum Gasteiger partial charge on any atom is 0.251 e. The molecule has 4 rings (SSSR count). The van der Waals surface area contributed by atoms with Gasteiger partial charge in [0.05, 0.1) is 0 Å². The van der Waals surface area contributed by atoms with E-state index >= 15 is 0 Å². The van der Waals surface area contributed by atoms with Crippen LogP contribution in [0.3, 0.4) is 0 Å². The Morgan fingerprint density at radius 2 is 1.89 bits per heavy atom. The first-order valence-corrected chi connectivity index (χ1v) is 11.3. The predicted octanol–water partition coefficient (Wildman–Crippen LogP) is 4.55. The summed E-state index contributed by atoms with van der Waals surface area (Å²) in [4.78, 5) is 23.5. The number of thioether (sulfide) groups is 1. The number of aromatic nitrogens is 2. The molecule has 1 N–H and O–H groups in total. The molecule has 148 valence electrons. The average molecular weight is 417 g/mol. The molecule has 28 heavy (non-hydrogen) atoms. The van der Waals surface area contributed by atoms with E-state index in [1.54, 1.807) is 11.8 Å². The van der Waals surface area contributed by atoms with Crippen molar-refractivity contribution >= 4 is 35.1 Å². The van der Waals surface area contributed by atoms with Gasteiger partial charge in [-0.25, -0.2) is 9.97 Å². The zero-order chi connectivity index (χ0) is 19.5. The van der Waals surface area contributed by atoms with Crippen LogP contribution in [0.25, 0.3) is 0 Å². The number of hydrogen-bond donors (Lipinski definition) is 1. The Hall–Kier alpha value is -1.79. The average Bonchev–Trinajstić information content (AvgIpc) is 3.51. The van der Waals surface area contributed by atoms with Gasteiger partial charge in [-0.05, 0) is 49.3 Å². The Bertz CT molecular complexity index is 833. The third-order valence-electron chi connectivity index (χ3n) is 5.27. The van der Waals surface area contributed by atoms with Crippen molar-refractivity contribution in [1.82, 2.24) is 15.3 Å². The highest BCUT2D eigenvalue weighted by atomic mass is 35.5. The van der Waals surface area contributed by atoms with Crippen LogP contribution in [0.4, 0.5) is 5.82 Å². The van der Waals surface area contributed by atoms with Crippen molar-refractivity contribution in [2.45, 2.75) is 49.6 Å². The van der Waals surface area contributed by atoms with Crippen molar-refractivity contribution in [2.75, 3.05) is 18.0 Å². The lowest BCUT2D eigenvalue weighted by Gasteiger charge is -2.31. The minimum atomic E-state index is 0.0142. The van der Waals surface area contributed by atoms with E-state index in [-0.39, 0.29) is 5.91 Å². The minimum absolute atomic E-state index is 0.0142. The van der Waals surface area contributed by atoms with E-state index in [4.69, 9.17) is 16.6 Å². The van der Waals surface area contributed by atoms with Crippen molar-refractivity contribution in [2.24, 2.45) is 5.92 Å². The highest BCUT2D eigenvalue weighted by Gasteiger charge is 2.23. The largest absolute Gasteiger partial charge is 0.356 e. The van der Waals surface area contributed by atoms with Gasteiger partial charge in [0, 0.05) is 36.5 Å². The van der Waals surface area contributed by atoms with E-state index in [1.165, 1.54) is 12.8 Å². The minimum Gasteiger partial charge on any atom is -0.356 e. The second-order valence-electron chi connectivity index (χ2n) is 7.73. The smallest absolute Gasteiger partial charge is 0.251 e. The monoisotopic (exact) mass is 416 g/mol. The molecule has 7 heteroatoms. The molecule has 1 amide bonds. The van der Waals surface area contributed by atoms with Crippen LogP contribution in [0.2, 0.25) is 5.15 Å². The number of piperidine rings is 1. The van der Waals surface area contributed by atoms with Crippen LogP contribution in [-0.2, 0) is 5.75 Å². The van der Waals surface area contributed by atoms with Crippen molar-refractivity contribution in [3.63, 3.8) is 0 Å². The maximum absolute atomic E-state index is 12.1. The van der Waals surface area contributed by atoms with Crippen molar-refractivity contribution in [1.29, 1.82) is 0 Å². The summed E-state index contributed by atoms with van der Waals surface area (Å²) in [6.45, 7) is 4.33. The van der Waals surface area contributed by atoms with E-state index in [9.17, 15) is 4.79 Å².